The number of nitrogens with one attached hydrogen (secondary N) is 1. The number of methoxy groups -OCH3 is 1. The van der Waals surface area contributed by atoms with E-state index < -0.39 is 0 Å². The Morgan fingerprint density at radius 3 is 2.17 bits per heavy atom. The maximum absolute atomic E-state index is 12.7. The van der Waals surface area contributed by atoms with Gasteiger partial charge in [-0.3, -0.25) is 19.3 Å². The molecule has 30 heavy (non-hydrogen) atoms. The lowest BCUT2D eigenvalue weighted by Crippen LogP contribution is -2.30. The molecule has 6 nitrogen and oxygen atoms in total. The van der Waals surface area contributed by atoms with Gasteiger partial charge in [0.05, 0.1) is 30.4 Å². The van der Waals surface area contributed by atoms with Crippen molar-refractivity contribution in [2.45, 2.75) is 17.7 Å². The molecule has 3 amide bonds. The number of allylic oxidation sites excluding steroid dienone is 2. The van der Waals surface area contributed by atoms with Crippen LogP contribution in [0.2, 0.25) is 0 Å². The van der Waals surface area contributed by atoms with Crippen LogP contribution in [-0.4, -0.2) is 30.6 Å². The molecule has 1 saturated heterocycles. The van der Waals surface area contributed by atoms with Crippen LogP contribution in [0, 0.1) is 11.8 Å². The summed E-state index contributed by atoms with van der Waals surface area (Å²) >= 11 is 1.39. The summed E-state index contributed by atoms with van der Waals surface area (Å²) in [5.41, 5.74) is 1.30. The van der Waals surface area contributed by atoms with Crippen molar-refractivity contribution in [3.05, 3.63) is 60.7 Å². The number of hydrogen-bond acceptors (Lipinski definition) is 5. The fraction of sp³-hybridized carbons (Fsp3) is 0.261. The zero-order valence-corrected chi connectivity index (χ0v) is 17.4. The van der Waals surface area contributed by atoms with E-state index in [0.29, 0.717) is 24.2 Å². The number of amides is 3. The van der Waals surface area contributed by atoms with Gasteiger partial charge in [0.1, 0.15) is 5.75 Å². The van der Waals surface area contributed by atoms with E-state index in [1.54, 1.807) is 43.5 Å². The Balaban J connectivity index is 1.34. The number of anilines is 2. The van der Waals surface area contributed by atoms with Crippen LogP contribution in [0.4, 0.5) is 11.4 Å². The van der Waals surface area contributed by atoms with Gasteiger partial charge < -0.3 is 10.1 Å². The lowest BCUT2D eigenvalue weighted by Gasteiger charge is -2.15. The van der Waals surface area contributed by atoms with Gasteiger partial charge >= 0.3 is 0 Å². The molecule has 1 heterocycles. The first kappa shape index (κ1) is 20.2. The number of fused-ring (bicyclic) bond motifs is 1. The maximum Gasteiger partial charge on any atom is 0.238 e. The van der Waals surface area contributed by atoms with Crippen LogP contribution in [0.5, 0.6) is 5.75 Å². The number of benzene rings is 2. The second-order valence-corrected chi connectivity index (χ2v) is 8.28. The molecule has 0 saturated carbocycles. The molecular weight excluding hydrogens is 400 g/mol. The van der Waals surface area contributed by atoms with Crippen LogP contribution in [0.1, 0.15) is 12.8 Å². The highest BCUT2D eigenvalue weighted by atomic mass is 32.2. The van der Waals surface area contributed by atoms with Crippen molar-refractivity contribution in [1.82, 2.24) is 0 Å². The highest BCUT2D eigenvalue weighted by Crippen LogP contribution is 2.38. The fourth-order valence-corrected chi connectivity index (χ4v) is 4.46. The summed E-state index contributed by atoms with van der Waals surface area (Å²) in [6.45, 7) is 0. The monoisotopic (exact) mass is 422 g/mol. The molecule has 1 aliphatic heterocycles. The molecule has 0 radical (unpaired) electrons. The lowest BCUT2D eigenvalue weighted by molar-refractivity contribution is -0.122. The number of thioether (sulfide) groups is 1. The molecule has 0 aromatic heterocycles. The Labute approximate surface area is 179 Å². The van der Waals surface area contributed by atoms with Gasteiger partial charge in [-0.25, -0.2) is 0 Å². The molecule has 1 N–H and O–H groups in total. The van der Waals surface area contributed by atoms with Gasteiger partial charge in [0.15, 0.2) is 0 Å². The fourth-order valence-electron chi connectivity index (χ4n) is 3.77. The summed E-state index contributed by atoms with van der Waals surface area (Å²) in [7, 11) is 1.59. The van der Waals surface area contributed by atoms with Gasteiger partial charge in [-0.2, -0.15) is 0 Å². The Hall–Kier alpha value is -3.06. The molecule has 0 unspecified atom stereocenters. The average molecular weight is 423 g/mol. The third kappa shape index (κ3) is 4.11. The first-order valence-corrected chi connectivity index (χ1v) is 10.7. The van der Waals surface area contributed by atoms with Gasteiger partial charge in [0.25, 0.3) is 0 Å². The van der Waals surface area contributed by atoms with E-state index in [2.05, 4.69) is 5.32 Å². The molecule has 2 aromatic carbocycles. The summed E-state index contributed by atoms with van der Waals surface area (Å²) in [6, 6.07) is 14.3. The molecular formula is C23H22N2O4S. The van der Waals surface area contributed by atoms with Crippen molar-refractivity contribution < 1.29 is 19.1 Å². The molecule has 1 aliphatic carbocycles. The molecule has 2 atom stereocenters. The minimum absolute atomic E-state index is 0.115. The Morgan fingerprint density at radius 1 is 1.00 bits per heavy atom. The zero-order valence-electron chi connectivity index (χ0n) is 16.5. The molecule has 0 spiro atoms. The number of ether oxygens (including phenoxy) is 1. The topological polar surface area (TPSA) is 75.7 Å². The zero-order chi connectivity index (χ0) is 21.1. The number of carbonyl (C=O) groups excluding carboxylic acids is 3. The van der Waals surface area contributed by atoms with Gasteiger partial charge in [-0.15, -0.1) is 11.8 Å². The second-order valence-electron chi connectivity index (χ2n) is 7.23. The number of nitrogens with zero attached hydrogens (tertiary/aromatic N) is 1. The SMILES string of the molecule is COc1ccc(NC(=O)CSc2ccc(N3C(=O)[C@H]4CC=CC[C@H]4C3=O)cc2)cc1. The van der Waals surface area contributed by atoms with E-state index in [0.717, 1.165) is 10.6 Å². The van der Waals surface area contributed by atoms with Crippen LogP contribution in [0.25, 0.3) is 0 Å². The van der Waals surface area contributed by atoms with E-state index >= 15 is 0 Å². The highest BCUT2D eigenvalue weighted by molar-refractivity contribution is 8.00. The van der Waals surface area contributed by atoms with Crippen LogP contribution in [0.3, 0.4) is 0 Å². The quantitative estimate of drug-likeness (QED) is 0.434. The molecule has 2 aromatic rings. The predicted octanol–water partition coefficient (Wildman–Crippen LogP) is 3.88. The summed E-state index contributed by atoms with van der Waals surface area (Å²) in [4.78, 5) is 39.7. The van der Waals surface area contributed by atoms with E-state index in [-0.39, 0.29) is 35.3 Å². The van der Waals surface area contributed by atoms with Gasteiger partial charge in [-0.1, -0.05) is 12.2 Å². The van der Waals surface area contributed by atoms with Crippen LogP contribution in [-0.2, 0) is 14.4 Å². The van der Waals surface area contributed by atoms with Crippen molar-refractivity contribution in [2.24, 2.45) is 11.8 Å². The van der Waals surface area contributed by atoms with Crippen molar-refractivity contribution in [2.75, 3.05) is 23.1 Å². The summed E-state index contributed by atoms with van der Waals surface area (Å²) in [6.07, 6.45) is 5.21. The summed E-state index contributed by atoms with van der Waals surface area (Å²) in [5.74, 6) is 0.158. The lowest BCUT2D eigenvalue weighted by atomic mass is 9.85. The Bertz CT molecular complexity index is 959. The molecule has 4 rings (SSSR count). The highest BCUT2D eigenvalue weighted by Gasteiger charge is 2.47. The number of imide groups is 1. The minimum Gasteiger partial charge on any atom is -0.497 e. The van der Waals surface area contributed by atoms with Gasteiger partial charge in [0, 0.05) is 10.6 Å². The Morgan fingerprint density at radius 2 is 1.60 bits per heavy atom. The van der Waals surface area contributed by atoms with Gasteiger partial charge in [-0.05, 0) is 61.4 Å². The third-order valence-corrected chi connectivity index (χ3v) is 6.36. The number of carbonyl (C=O) groups is 3. The molecule has 1 fully saturated rings. The van der Waals surface area contributed by atoms with Gasteiger partial charge in [0.2, 0.25) is 17.7 Å². The normalized spacial score (nSPS) is 20.2. The maximum atomic E-state index is 12.7. The summed E-state index contributed by atoms with van der Waals surface area (Å²) < 4.78 is 5.10. The van der Waals surface area contributed by atoms with E-state index in [1.807, 2.05) is 24.3 Å². The first-order chi connectivity index (χ1) is 14.6. The molecule has 154 valence electrons. The second kappa shape index (κ2) is 8.75. The summed E-state index contributed by atoms with van der Waals surface area (Å²) in [5, 5.41) is 2.84. The van der Waals surface area contributed by atoms with E-state index in [4.69, 9.17) is 4.74 Å². The smallest absolute Gasteiger partial charge is 0.238 e. The molecule has 7 heteroatoms. The van der Waals surface area contributed by atoms with Crippen LogP contribution < -0.4 is 15.0 Å². The van der Waals surface area contributed by atoms with Crippen molar-refractivity contribution in [1.29, 1.82) is 0 Å². The standard InChI is InChI=1S/C23H22N2O4S/c1-29-17-10-6-15(7-11-17)24-21(26)14-30-18-12-8-16(9-13-18)25-22(27)19-4-2-3-5-20(19)23(25)28/h2-3,6-13,19-20H,4-5,14H2,1H3,(H,24,26)/t19-,20+. The van der Waals surface area contributed by atoms with Crippen LogP contribution in [0.15, 0.2) is 65.6 Å². The average Bonchev–Trinajstić information content (AvgIpc) is 3.04. The largest absolute Gasteiger partial charge is 0.497 e. The van der Waals surface area contributed by atoms with Crippen LogP contribution >= 0.6 is 11.8 Å². The first-order valence-electron chi connectivity index (χ1n) is 9.76. The van der Waals surface area contributed by atoms with Crippen molar-refractivity contribution in [3.8, 4) is 5.75 Å². The predicted molar refractivity (Wildman–Crippen MR) is 117 cm³/mol. The molecule has 0 bridgehead atoms. The molecule has 2 aliphatic rings. The van der Waals surface area contributed by atoms with Crippen molar-refractivity contribution >= 4 is 40.9 Å². The van der Waals surface area contributed by atoms with E-state index in [9.17, 15) is 14.4 Å². The van der Waals surface area contributed by atoms with E-state index in [1.165, 1.54) is 16.7 Å². The van der Waals surface area contributed by atoms with Crippen molar-refractivity contribution in [3.63, 3.8) is 0 Å². The number of hydrogen-bond donors (Lipinski definition) is 1. The third-order valence-electron chi connectivity index (χ3n) is 5.35. The minimum atomic E-state index is -0.238. The Kier molecular flexibility index (Phi) is 5.90. The number of rotatable bonds is 6.